The van der Waals surface area contributed by atoms with Crippen LogP contribution in [0.15, 0.2) is 60.7 Å². The maximum Gasteiger partial charge on any atom is 0.295 e. The zero-order valence-corrected chi connectivity index (χ0v) is 18.0. The van der Waals surface area contributed by atoms with Crippen LogP contribution in [0.2, 0.25) is 5.02 Å². The second-order valence-corrected chi connectivity index (χ2v) is 7.82. The number of hydrogen-bond donors (Lipinski definition) is 1. The smallest absolute Gasteiger partial charge is 0.295 e. The van der Waals surface area contributed by atoms with Gasteiger partial charge in [0.25, 0.3) is 5.91 Å². The minimum Gasteiger partial charge on any atom is -0.319 e. The van der Waals surface area contributed by atoms with Crippen molar-refractivity contribution in [2.24, 2.45) is 0 Å². The lowest BCUT2D eigenvalue weighted by atomic mass is 10.1. The predicted octanol–water partition coefficient (Wildman–Crippen LogP) is 5.90. The van der Waals surface area contributed by atoms with Crippen LogP contribution in [0.25, 0.3) is 17.1 Å². The predicted molar refractivity (Wildman–Crippen MR) is 120 cm³/mol. The van der Waals surface area contributed by atoms with Gasteiger partial charge in [0.1, 0.15) is 5.82 Å². The van der Waals surface area contributed by atoms with Gasteiger partial charge in [0, 0.05) is 16.3 Å². The highest BCUT2D eigenvalue weighted by molar-refractivity contribution is 6.30. The van der Waals surface area contributed by atoms with E-state index in [4.69, 9.17) is 11.6 Å². The number of rotatable bonds is 4. The summed E-state index contributed by atoms with van der Waals surface area (Å²) in [5.41, 5.74) is 4.95. The first-order valence-electron chi connectivity index (χ1n) is 9.70. The van der Waals surface area contributed by atoms with Crippen molar-refractivity contribution < 1.29 is 9.18 Å². The molecule has 156 valence electrons. The number of carbonyl (C=O) groups is 1. The fourth-order valence-corrected chi connectivity index (χ4v) is 3.47. The standard InChI is InChI=1S/C24H20ClFN4O/c1-14-4-11-20(16(3)12-14)27-24(31)22-28-23(17-6-9-19(26)10-7-17)30(29-22)21-13-18(25)8-5-15(21)2/h4-13H,1-3H3,(H,27,31). The topological polar surface area (TPSA) is 59.8 Å². The van der Waals surface area contributed by atoms with E-state index in [0.29, 0.717) is 27.8 Å². The SMILES string of the molecule is Cc1ccc(NC(=O)c2nc(-c3ccc(F)cc3)n(-c3cc(Cl)ccc3C)n2)c(C)c1. The Labute approximate surface area is 184 Å². The maximum absolute atomic E-state index is 13.5. The molecule has 1 N–H and O–H groups in total. The summed E-state index contributed by atoms with van der Waals surface area (Å²) >= 11 is 6.20. The lowest BCUT2D eigenvalue weighted by Crippen LogP contribution is -2.15. The molecule has 4 rings (SSSR count). The van der Waals surface area contributed by atoms with E-state index >= 15 is 0 Å². The number of carbonyl (C=O) groups excluding carboxylic acids is 1. The number of amides is 1. The van der Waals surface area contributed by atoms with Gasteiger partial charge in [-0.05, 0) is 74.4 Å². The van der Waals surface area contributed by atoms with Gasteiger partial charge in [-0.2, -0.15) is 0 Å². The van der Waals surface area contributed by atoms with E-state index in [0.717, 1.165) is 16.7 Å². The van der Waals surface area contributed by atoms with Crippen LogP contribution in [0.5, 0.6) is 0 Å². The molecule has 3 aromatic carbocycles. The Bertz CT molecular complexity index is 1280. The van der Waals surface area contributed by atoms with Crippen molar-refractivity contribution >= 4 is 23.2 Å². The fraction of sp³-hybridized carbons (Fsp3) is 0.125. The van der Waals surface area contributed by atoms with Crippen LogP contribution in [0.3, 0.4) is 0 Å². The molecule has 0 atom stereocenters. The molecular weight excluding hydrogens is 415 g/mol. The Morgan fingerprint density at radius 2 is 1.71 bits per heavy atom. The van der Waals surface area contributed by atoms with Crippen LogP contribution in [0, 0.1) is 26.6 Å². The molecule has 0 saturated heterocycles. The number of benzene rings is 3. The molecule has 0 spiro atoms. The van der Waals surface area contributed by atoms with Crippen LogP contribution < -0.4 is 5.32 Å². The van der Waals surface area contributed by atoms with Crippen molar-refractivity contribution in [3.8, 4) is 17.1 Å². The van der Waals surface area contributed by atoms with Crippen molar-refractivity contribution in [1.82, 2.24) is 14.8 Å². The summed E-state index contributed by atoms with van der Waals surface area (Å²) in [7, 11) is 0. The van der Waals surface area contributed by atoms with Gasteiger partial charge in [-0.15, -0.1) is 5.10 Å². The monoisotopic (exact) mass is 434 g/mol. The summed E-state index contributed by atoms with van der Waals surface area (Å²) in [5.74, 6) is -0.384. The third kappa shape index (κ3) is 4.34. The summed E-state index contributed by atoms with van der Waals surface area (Å²) in [6, 6.07) is 17.0. The number of anilines is 1. The Morgan fingerprint density at radius 1 is 0.968 bits per heavy atom. The number of hydrogen-bond acceptors (Lipinski definition) is 3. The highest BCUT2D eigenvalue weighted by atomic mass is 35.5. The second kappa shape index (κ2) is 8.32. The lowest BCUT2D eigenvalue weighted by Gasteiger charge is -2.09. The first-order valence-corrected chi connectivity index (χ1v) is 10.1. The Kier molecular flexibility index (Phi) is 5.57. The van der Waals surface area contributed by atoms with Crippen molar-refractivity contribution in [3.05, 3.63) is 94.0 Å². The van der Waals surface area contributed by atoms with E-state index in [-0.39, 0.29) is 11.6 Å². The number of aromatic nitrogens is 3. The average Bonchev–Trinajstić information content (AvgIpc) is 3.18. The molecule has 1 aromatic heterocycles. The lowest BCUT2D eigenvalue weighted by molar-refractivity contribution is 0.101. The normalized spacial score (nSPS) is 10.9. The van der Waals surface area contributed by atoms with Crippen LogP contribution in [0.1, 0.15) is 27.3 Å². The molecule has 0 fully saturated rings. The van der Waals surface area contributed by atoms with Gasteiger partial charge in [0.15, 0.2) is 5.82 Å². The quantitative estimate of drug-likeness (QED) is 0.434. The van der Waals surface area contributed by atoms with Gasteiger partial charge < -0.3 is 5.32 Å². The molecule has 4 aromatic rings. The maximum atomic E-state index is 13.5. The Balaban J connectivity index is 1.80. The molecule has 0 bridgehead atoms. The summed E-state index contributed by atoms with van der Waals surface area (Å²) in [6.45, 7) is 5.83. The van der Waals surface area contributed by atoms with Crippen LogP contribution in [0.4, 0.5) is 10.1 Å². The van der Waals surface area contributed by atoms with Crippen molar-refractivity contribution in [2.75, 3.05) is 5.32 Å². The van der Waals surface area contributed by atoms with Gasteiger partial charge in [-0.1, -0.05) is 35.4 Å². The molecule has 0 aliphatic carbocycles. The highest BCUT2D eigenvalue weighted by Crippen LogP contribution is 2.26. The Morgan fingerprint density at radius 3 is 2.42 bits per heavy atom. The van der Waals surface area contributed by atoms with E-state index < -0.39 is 5.91 Å². The summed E-state index contributed by atoms with van der Waals surface area (Å²) in [5, 5.41) is 7.86. The van der Waals surface area contributed by atoms with Crippen molar-refractivity contribution in [3.63, 3.8) is 0 Å². The van der Waals surface area contributed by atoms with E-state index in [9.17, 15) is 9.18 Å². The zero-order chi connectivity index (χ0) is 22.1. The van der Waals surface area contributed by atoms with Gasteiger partial charge in [-0.25, -0.2) is 14.1 Å². The number of halogens is 2. The third-order valence-corrected chi connectivity index (χ3v) is 5.18. The second-order valence-electron chi connectivity index (χ2n) is 7.38. The van der Waals surface area contributed by atoms with Crippen LogP contribution >= 0.6 is 11.6 Å². The van der Waals surface area contributed by atoms with Crippen molar-refractivity contribution in [2.45, 2.75) is 20.8 Å². The third-order valence-electron chi connectivity index (χ3n) is 4.94. The molecule has 0 aliphatic heterocycles. The van der Waals surface area contributed by atoms with Crippen molar-refractivity contribution in [1.29, 1.82) is 0 Å². The largest absolute Gasteiger partial charge is 0.319 e. The fourth-order valence-electron chi connectivity index (χ4n) is 3.30. The van der Waals surface area contributed by atoms with Crippen LogP contribution in [-0.4, -0.2) is 20.7 Å². The van der Waals surface area contributed by atoms with E-state index in [1.54, 1.807) is 28.9 Å². The average molecular weight is 435 g/mol. The molecule has 1 amide bonds. The molecule has 7 heteroatoms. The number of nitrogens with zero attached hydrogens (tertiary/aromatic N) is 3. The molecule has 5 nitrogen and oxygen atoms in total. The summed E-state index contributed by atoms with van der Waals surface area (Å²) in [4.78, 5) is 17.4. The molecule has 31 heavy (non-hydrogen) atoms. The van der Waals surface area contributed by atoms with E-state index in [1.807, 2.05) is 45.0 Å². The number of aryl methyl sites for hydroxylation is 3. The number of nitrogens with one attached hydrogen (secondary N) is 1. The van der Waals surface area contributed by atoms with Crippen LogP contribution in [-0.2, 0) is 0 Å². The van der Waals surface area contributed by atoms with E-state index in [2.05, 4.69) is 15.4 Å². The van der Waals surface area contributed by atoms with Gasteiger partial charge in [0.2, 0.25) is 5.82 Å². The molecule has 0 aliphatic rings. The first-order chi connectivity index (χ1) is 14.8. The van der Waals surface area contributed by atoms with Gasteiger partial charge in [0.05, 0.1) is 5.69 Å². The summed E-state index contributed by atoms with van der Waals surface area (Å²) < 4.78 is 15.0. The van der Waals surface area contributed by atoms with Gasteiger partial charge in [-0.3, -0.25) is 4.79 Å². The molecular formula is C24H20ClFN4O. The van der Waals surface area contributed by atoms with E-state index in [1.165, 1.54) is 12.1 Å². The first kappa shape index (κ1) is 20.8. The summed E-state index contributed by atoms with van der Waals surface area (Å²) in [6.07, 6.45) is 0. The molecule has 0 unspecified atom stereocenters. The van der Waals surface area contributed by atoms with Gasteiger partial charge >= 0.3 is 0 Å². The Hall–Kier alpha value is -3.51. The minimum atomic E-state index is -0.436. The minimum absolute atomic E-state index is 0.00123. The molecule has 0 radical (unpaired) electrons. The zero-order valence-electron chi connectivity index (χ0n) is 17.3. The molecule has 1 heterocycles. The highest BCUT2D eigenvalue weighted by Gasteiger charge is 2.20. The molecule has 0 saturated carbocycles.